The lowest BCUT2D eigenvalue weighted by molar-refractivity contribution is -0.384. The molecular weight excluding hydrogens is 326 g/mol. The molecule has 0 atom stereocenters. The molecule has 8 heteroatoms. The van der Waals surface area contributed by atoms with Crippen LogP contribution in [0.3, 0.4) is 0 Å². The zero-order chi connectivity index (χ0) is 15.5. The molecule has 1 aliphatic carbocycles. The number of nitro groups is 1. The second-order valence-electron chi connectivity index (χ2n) is 5.22. The number of non-ortho nitro benzene ring substituents is 1. The average Bonchev–Trinajstić information content (AvgIpc) is 2.98. The van der Waals surface area contributed by atoms with E-state index in [1.165, 1.54) is 43.2 Å². The van der Waals surface area contributed by atoms with Crippen molar-refractivity contribution in [2.75, 3.05) is 0 Å². The van der Waals surface area contributed by atoms with Crippen LogP contribution >= 0.6 is 23.4 Å². The van der Waals surface area contributed by atoms with Gasteiger partial charge in [-0.05, 0) is 30.7 Å². The molecule has 1 fully saturated rings. The zero-order valence-corrected chi connectivity index (χ0v) is 13.3. The Labute approximate surface area is 136 Å². The lowest BCUT2D eigenvalue weighted by Crippen LogP contribution is -2.04. The maximum Gasteiger partial charge on any atom is 0.281 e. The fourth-order valence-corrected chi connectivity index (χ4v) is 3.54. The lowest BCUT2D eigenvalue weighted by atomic mass is 9.89. The molecule has 2 aromatic rings. The minimum atomic E-state index is -0.478. The van der Waals surface area contributed by atoms with Crippen LogP contribution in [0.25, 0.3) is 0 Å². The molecule has 0 saturated heterocycles. The highest BCUT2D eigenvalue weighted by atomic mass is 35.5. The summed E-state index contributed by atoms with van der Waals surface area (Å²) in [6.07, 6.45) is 5.84. The first-order chi connectivity index (χ1) is 10.6. The fourth-order valence-electron chi connectivity index (χ4n) is 2.56. The molecule has 6 nitrogen and oxygen atoms in total. The molecule has 1 aromatic heterocycles. The van der Waals surface area contributed by atoms with Gasteiger partial charge in [0, 0.05) is 22.9 Å². The van der Waals surface area contributed by atoms with Gasteiger partial charge in [0.05, 0.1) is 9.95 Å². The number of nitrogens with zero attached hydrogens (tertiary/aromatic N) is 3. The van der Waals surface area contributed by atoms with E-state index in [0.29, 0.717) is 26.9 Å². The van der Waals surface area contributed by atoms with Gasteiger partial charge in [0.2, 0.25) is 5.89 Å². The Kier molecular flexibility index (Phi) is 4.63. The molecule has 0 radical (unpaired) electrons. The van der Waals surface area contributed by atoms with Gasteiger partial charge in [0.25, 0.3) is 10.9 Å². The largest absolute Gasteiger partial charge is 0.415 e. The Morgan fingerprint density at radius 2 is 2.05 bits per heavy atom. The van der Waals surface area contributed by atoms with Gasteiger partial charge in [0.1, 0.15) is 0 Å². The van der Waals surface area contributed by atoms with Crippen LogP contribution in [-0.2, 0) is 0 Å². The molecule has 0 amide bonds. The Bertz CT molecular complexity index is 686. The van der Waals surface area contributed by atoms with Crippen LogP contribution in [0.15, 0.2) is 32.7 Å². The third-order valence-corrected chi connectivity index (χ3v) is 5.04. The standard InChI is InChI=1S/C14H14ClN3O3S/c15-11-8-10(18(19)20)6-7-12(11)22-14-17-16-13(21-14)9-4-2-1-3-5-9/h6-9H,1-5H2. The van der Waals surface area contributed by atoms with Crippen LogP contribution < -0.4 is 0 Å². The highest BCUT2D eigenvalue weighted by molar-refractivity contribution is 7.99. The highest BCUT2D eigenvalue weighted by Gasteiger charge is 2.22. The topological polar surface area (TPSA) is 82.1 Å². The molecule has 0 aliphatic heterocycles. The normalized spacial score (nSPS) is 15.9. The molecule has 22 heavy (non-hydrogen) atoms. The maximum absolute atomic E-state index is 10.7. The van der Waals surface area contributed by atoms with Crippen molar-refractivity contribution in [3.8, 4) is 0 Å². The first-order valence-electron chi connectivity index (χ1n) is 7.08. The van der Waals surface area contributed by atoms with E-state index in [2.05, 4.69) is 10.2 Å². The Balaban J connectivity index is 1.73. The van der Waals surface area contributed by atoms with E-state index in [1.54, 1.807) is 6.07 Å². The zero-order valence-electron chi connectivity index (χ0n) is 11.7. The Morgan fingerprint density at radius 1 is 1.27 bits per heavy atom. The molecular formula is C14H14ClN3O3S. The van der Waals surface area contributed by atoms with Crippen LogP contribution in [-0.4, -0.2) is 15.1 Å². The molecule has 3 rings (SSSR count). The number of halogens is 1. The van der Waals surface area contributed by atoms with E-state index in [4.69, 9.17) is 16.0 Å². The predicted octanol–water partition coefficient (Wildman–Crippen LogP) is 4.83. The summed E-state index contributed by atoms with van der Waals surface area (Å²) in [5.41, 5.74) is -0.0391. The van der Waals surface area contributed by atoms with E-state index in [9.17, 15) is 10.1 Å². The first-order valence-corrected chi connectivity index (χ1v) is 8.28. The summed E-state index contributed by atoms with van der Waals surface area (Å²) in [5.74, 6) is 1.03. The minimum Gasteiger partial charge on any atom is -0.415 e. The van der Waals surface area contributed by atoms with Crippen LogP contribution in [0.1, 0.15) is 43.9 Å². The van der Waals surface area contributed by atoms with Crippen molar-refractivity contribution in [2.45, 2.75) is 48.1 Å². The smallest absolute Gasteiger partial charge is 0.281 e. The summed E-state index contributed by atoms with van der Waals surface area (Å²) in [5, 5.41) is 19.6. The van der Waals surface area contributed by atoms with Crippen molar-refractivity contribution in [2.24, 2.45) is 0 Å². The second kappa shape index (κ2) is 6.66. The van der Waals surface area contributed by atoms with E-state index in [0.717, 1.165) is 12.8 Å². The summed E-state index contributed by atoms with van der Waals surface area (Å²) in [6.45, 7) is 0. The third kappa shape index (κ3) is 3.41. The van der Waals surface area contributed by atoms with Crippen molar-refractivity contribution in [3.05, 3.63) is 39.2 Å². The molecule has 1 saturated carbocycles. The molecule has 0 bridgehead atoms. The minimum absolute atomic E-state index is 0.0391. The summed E-state index contributed by atoms with van der Waals surface area (Å²) >= 11 is 7.29. The van der Waals surface area contributed by atoms with Crippen LogP contribution in [0.5, 0.6) is 0 Å². The second-order valence-corrected chi connectivity index (χ2v) is 6.62. The number of hydrogen-bond acceptors (Lipinski definition) is 6. The summed E-state index contributed by atoms with van der Waals surface area (Å²) < 4.78 is 5.71. The number of rotatable bonds is 4. The molecule has 1 aromatic carbocycles. The number of aromatic nitrogens is 2. The molecule has 116 valence electrons. The average molecular weight is 340 g/mol. The van der Waals surface area contributed by atoms with Gasteiger partial charge in [-0.1, -0.05) is 30.9 Å². The molecule has 0 spiro atoms. The monoisotopic (exact) mass is 339 g/mol. The number of benzene rings is 1. The van der Waals surface area contributed by atoms with E-state index in [1.807, 2.05) is 0 Å². The van der Waals surface area contributed by atoms with Gasteiger partial charge in [-0.25, -0.2) is 0 Å². The fraction of sp³-hybridized carbons (Fsp3) is 0.429. The SMILES string of the molecule is O=[N+]([O-])c1ccc(Sc2nnc(C3CCCCC3)o2)c(Cl)c1. The lowest BCUT2D eigenvalue weighted by Gasteiger charge is -2.17. The van der Waals surface area contributed by atoms with Crippen molar-refractivity contribution in [1.29, 1.82) is 0 Å². The third-order valence-electron chi connectivity index (χ3n) is 3.70. The van der Waals surface area contributed by atoms with Gasteiger partial charge < -0.3 is 4.42 Å². The molecule has 1 heterocycles. The van der Waals surface area contributed by atoms with Crippen molar-refractivity contribution >= 4 is 29.1 Å². The van der Waals surface area contributed by atoms with Gasteiger partial charge in [-0.3, -0.25) is 10.1 Å². The van der Waals surface area contributed by atoms with Gasteiger partial charge in [0.15, 0.2) is 0 Å². The van der Waals surface area contributed by atoms with E-state index >= 15 is 0 Å². The van der Waals surface area contributed by atoms with E-state index < -0.39 is 4.92 Å². The first kappa shape index (κ1) is 15.3. The summed E-state index contributed by atoms with van der Waals surface area (Å²) in [4.78, 5) is 10.9. The quantitative estimate of drug-likeness (QED) is 0.586. The summed E-state index contributed by atoms with van der Waals surface area (Å²) in [6, 6.07) is 4.32. The van der Waals surface area contributed by atoms with Crippen LogP contribution in [0.2, 0.25) is 5.02 Å². The van der Waals surface area contributed by atoms with Crippen LogP contribution in [0.4, 0.5) is 5.69 Å². The molecule has 0 unspecified atom stereocenters. The highest BCUT2D eigenvalue weighted by Crippen LogP contribution is 2.37. The van der Waals surface area contributed by atoms with Crippen molar-refractivity contribution in [1.82, 2.24) is 10.2 Å². The van der Waals surface area contributed by atoms with Crippen LogP contribution in [0, 0.1) is 10.1 Å². The van der Waals surface area contributed by atoms with E-state index in [-0.39, 0.29) is 5.69 Å². The maximum atomic E-state index is 10.7. The number of hydrogen-bond donors (Lipinski definition) is 0. The number of nitro benzene ring substituents is 1. The Hall–Kier alpha value is -1.60. The van der Waals surface area contributed by atoms with Gasteiger partial charge in [-0.2, -0.15) is 0 Å². The predicted molar refractivity (Wildman–Crippen MR) is 82.4 cm³/mol. The van der Waals surface area contributed by atoms with Crippen molar-refractivity contribution in [3.63, 3.8) is 0 Å². The Morgan fingerprint density at radius 3 is 2.73 bits per heavy atom. The summed E-state index contributed by atoms with van der Waals surface area (Å²) in [7, 11) is 0. The van der Waals surface area contributed by atoms with Gasteiger partial charge >= 0.3 is 0 Å². The van der Waals surface area contributed by atoms with Gasteiger partial charge in [-0.15, -0.1) is 10.2 Å². The van der Waals surface area contributed by atoms with Crippen molar-refractivity contribution < 1.29 is 9.34 Å². The molecule has 0 N–H and O–H groups in total. The molecule has 1 aliphatic rings.